The lowest BCUT2D eigenvalue weighted by molar-refractivity contribution is -0.161. The number of carbonyl (C=O) groups is 1. The molecule has 0 spiro atoms. The fraction of sp³-hybridized carbons (Fsp3) is 0.958. The van der Waals surface area contributed by atoms with Crippen molar-refractivity contribution < 1.29 is 9.53 Å². The Labute approximate surface area is 164 Å². The zero-order valence-electron chi connectivity index (χ0n) is 18.9. The molecule has 0 aliphatic heterocycles. The summed E-state index contributed by atoms with van der Waals surface area (Å²) in [6.07, 6.45) is 18.2. The van der Waals surface area contributed by atoms with Crippen LogP contribution >= 0.6 is 0 Å². The van der Waals surface area contributed by atoms with Gasteiger partial charge in [-0.2, -0.15) is 0 Å². The zero-order valence-corrected chi connectivity index (χ0v) is 18.9. The van der Waals surface area contributed by atoms with E-state index in [0.29, 0.717) is 5.92 Å². The van der Waals surface area contributed by atoms with E-state index in [2.05, 4.69) is 20.8 Å². The summed E-state index contributed by atoms with van der Waals surface area (Å²) in [6, 6.07) is 0. The molecule has 2 nitrogen and oxygen atoms in total. The van der Waals surface area contributed by atoms with Crippen molar-refractivity contribution in [2.75, 3.05) is 0 Å². The van der Waals surface area contributed by atoms with Gasteiger partial charge in [-0.05, 0) is 46.0 Å². The molecular weight excluding hydrogens is 320 g/mol. The number of unbranched alkanes of at least 4 members (excludes halogenated alkanes) is 10. The molecule has 0 aliphatic carbocycles. The minimum Gasteiger partial charge on any atom is -0.462 e. The van der Waals surface area contributed by atoms with E-state index in [0.717, 1.165) is 12.8 Å². The number of carbonyl (C=O) groups excluding carboxylic acids is 1. The molecule has 0 bridgehead atoms. The maximum atomic E-state index is 12.3. The average Bonchev–Trinajstić information content (AvgIpc) is 2.59. The van der Waals surface area contributed by atoms with Crippen LogP contribution in [0.5, 0.6) is 0 Å². The summed E-state index contributed by atoms with van der Waals surface area (Å²) in [5.74, 6) is 0.428. The van der Waals surface area contributed by atoms with Crippen molar-refractivity contribution in [1.82, 2.24) is 0 Å². The lowest BCUT2D eigenvalue weighted by Gasteiger charge is -2.28. The highest BCUT2D eigenvalue weighted by molar-refractivity contribution is 5.75. The molecular formula is C24H48O2. The molecule has 2 heteroatoms. The van der Waals surface area contributed by atoms with E-state index < -0.39 is 5.41 Å². The fourth-order valence-corrected chi connectivity index (χ4v) is 3.32. The molecule has 2 unspecified atom stereocenters. The van der Waals surface area contributed by atoms with Gasteiger partial charge in [-0.1, -0.05) is 91.4 Å². The summed E-state index contributed by atoms with van der Waals surface area (Å²) >= 11 is 0. The van der Waals surface area contributed by atoms with E-state index in [9.17, 15) is 4.79 Å². The summed E-state index contributed by atoms with van der Waals surface area (Å²) in [5.41, 5.74) is -0.402. The first kappa shape index (κ1) is 25.5. The minimum atomic E-state index is -0.402. The molecule has 0 fully saturated rings. The summed E-state index contributed by atoms with van der Waals surface area (Å²) in [5, 5.41) is 0. The van der Waals surface area contributed by atoms with Gasteiger partial charge in [-0.3, -0.25) is 4.79 Å². The molecule has 0 aromatic heterocycles. The van der Waals surface area contributed by atoms with E-state index in [1.165, 1.54) is 77.0 Å². The first-order chi connectivity index (χ1) is 12.3. The average molecular weight is 369 g/mol. The van der Waals surface area contributed by atoms with Crippen molar-refractivity contribution >= 4 is 5.97 Å². The second-order valence-electron chi connectivity index (χ2n) is 9.28. The first-order valence-electron chi connectivity index (χ1n) is 11.5. The molecule has 156 valence electrons. The number of rotatable bonds is 16. The Bertz CT molecular complexity index is 330. The smallest absolute Gasteiger partial charge is 0.311 e. The molecule has 0 saturated heterocycles. The molecule has 0 heterocycles. The van der Waals surface area contributed by atoms with Crippen molar-refractivity contribution in [1.29, 1.82) is 0 Å². The largest absolute Gasteiger partial charge is 0.462 e. The Morgan fingerprint density at radius 1 is 0.731 bits per heavy atom. The van der Waals surface area contributed by atoms with Crippen LogP contribution in [0.15, 0.2) is 0 Å². The van der Waals surface area contributed by atoms with Crippen LogP contribution < -0.4 is 0 Å². The monoisotopic (exact) mass is 368 g/mol. The Morgan fingerprint density at radius 3 is 1.65 bits per heavy atom. The molecule has 0 radical (unpaired) electrons. The number of hydrogen-bond acceptors (Lipinski definition) is 2. The summed E-state index contributed by atoms with van der Waals surface area (Å²) < 4.78 is 5.92. The molecule has 0 N–H and O–H groups in total. The van der Waals surface area contributed by atoms with E-state index in [1.54, 1.807) is 0 Å². The van der Waals surface area contributed by atoms with Crippen LogP contribution in [0.1, 0.15) is 131 Å². The molecule has 2 atom stereocenters. The van der Waals surface area contributed by atoms with Gasteiger partial charge in [-0.15, -0.1) is 0 Å². The van der Waals surface area contributed by atoms with Crippen LogP contribution in [0.3, 0.4) is 0 Å². The van der Waals surface area contributed by atoms with E-state index in [-0.39, 0.29) is 12.1 Å². The topological polar surface area (TPSA) is 26.3 Å². The first-order valence-corrected chi connectivity index (χ1v) is 11.5. The maximum absolute atomic E-state index is 12.3. The molecule has 0 amide bonds. The van der Waals surface area contributed by atoms with Gasteiger partial charge in [0, 0.05) is 0 Å². The summed E-state index contributed by atoms with van der Waals surface area (Å²) in [4.78, 5) is 12.3. The van der Waals surface area contributed by atoms with E-state index in [1.807, 2.05) is 20.8 Å². The van der Waals surface area contributed by atoms with Crippen LogP contribution in [0.4, 0.5) is 0 Å². The highest BCUT2D eigenvalue weighted by Gasteiger charge is 2.28. The quantitative estimate of drug-likeness (QED) is 0.203. The van der Waals surface area contributed by atoms with E-state index in [4.69, 9.17) is 4.74 Å². The van der Waals surface area contributed by atoms with Crippen LogP contribution in [0.2, 0.25) is 0 Å². The van der Waals surface area contributed by atoms with Crippen LogP contribution in [0, 0.1) is 11.3 Å². The Hall–Kier alpha value is -0.530. The fourth-order valence-electron chi connectivity index (χ4n) is 3.32. The molecule has 0 aromatic rings. The maximum Gasteiger partial charge on any atom is 0.311 e. The lowest BCUT2D eigenvalue weighted by Crippen LogP contribution is -2.32. The Kier molecular flexibility index (Phi) is 15.2. The molecule has 0 aliphatic rings. The third kappa shape index (κ3) is 13.6. The van der Waals surface area contributed by atoms with Gasteiger partial charge in [-0.25, -0.2) is 0 Å². The van der Waals surface area contributed by atoms with Crippen molar-refractivity contribution in [3.05, 3.63) is 0 Å². The lowest BCUT2D eigenvalue weighted by atomic mass is 9.92. The van der Waals surface area contributed by atoms with Crippen LogP contribution in [-0.4, -0.2) is 12.1 Å². The zero-order chi connectivity index (χ0) is 19.8. The number of hydrogen-bond donors (Lipinski definition) is 0. The molecule has 0 aromatic carbocycles. The van der Waals surface area contributed by atoms with Crippen LogP contribution in [0.25, 0.3) is 0 Å². The van der Waals surface area contributed by atoms with Gasteiger partial charge in [0.05, 0.1) is 5.41 Å². The summed E-state index contributed by atoms with van der Waals surface area (Å²) in [7, 11) is 0. The molecule has 26 heavy (non-hydrogen) atoms. The minimum absolute atomic E-state index is 0.0436. The highest BCUT2D eigenvalue weighted by Crippen LogP contribution is 2.25. The van der Waals surface area contributed by atoms with Crippen molar-refractivity contribution in [3.63, 3.8) is 0 Å². The van der Waals surface area contributed by atoms with Gasteiger partial charge in [0.1, 0.15) is 6.10 Å². The van der Waals surface area contributed by atoms with E-state index >= 15 is 0 Å². The highest BCUT2D eigenvalue weighted by atomic mass is 16.5. The van der Waals surface area contributed by atoms with Crippen molar-refractivity contribution in [2.45, 2.75) is 138 Å². The Morgan fingerprint density at radius 2 is 1.19 bits per heavy atom. The van der Waals surface area contributed by atoms with Gasteiger partial charge in [0.2, 0.25) is 0 Å². The number of ether oxygens (including phenoxy) is 1. The number of esters is 1. The predicted octanol–water partition coefficient (Wildman–Crippen LogP) is 8.08. The third-order valence-electron chi connectivity index (χ3n) is 5.36. The van der Waals surface area contributed by atoms with Gasteiger partial charge in [0.25, 0.3) is 0 Å². The van der Waals surface area contributed by atoms with Gasteiger partial charge >= 0.3 is 5.97 Å². The third-order valence-corrected chi connectivity index (χ3v) is 5.36. The predicted molar refractivity (Wildman–Crippen MR) is 114 cm³/mol. The second kappa shape index (κ2) is 15.5. The van der Waals surface area contributed by atoms with Crippen molar-refractivity contribution in [3.8, 4) is 0 Å². The molecule has 0 rings (SSSR count). The van der Waals surface area contributed by atoms with Crippen molar-refractivity contribution in [2.24, 2.45) is 11.3 Å². The standard InChI is InChI=1S/C24H48O2/c1-7-9-11-12-13-14-15-16-17-18-20-22(21(3)19-10-8-2)26-23(25)24(4,5)6/h21-22H,7-20H2,1-6H3. The van der Waals surface area contributed by atoms with Crippen LogP contribution in [-0.2, 0) is 9.53 Å². The second-order valence-corrected chi connectivity index (χ2v) is 9.28. The summed E-state index contributed by atoms with van der Waals surface area (Å²) in [6.45, 7) is 12.6. The SMILES string of the molecule is CCCCCCCCCCCCC(OC(=O)C(C)(C)C)C(C)CCCC. The Balaban J connectivity index is 4.05. The van der Waals surface area contributed by atoms with Gasteiger partial charge < -0.3 is 4.74 Å². The molecule has 0 saturated carbocycles. The van der Waals surface area contributed by atoms with Gasteiger partial charge in [0.15, 0.2) is 0 Å². The normalized spacial score (nSPS) is 14.2.